The van der Waals surface area contributed by atoms with Crippen LogP contribution in [0.1, 0.15) is 25.0 Å². The van der Waals surface area contributed by atoms with E-state index in [2.05, 4.69) is 6.58 Å². The second-order valence-electron chi connectivity index (χ2n) is 8.67. The lowest BCUT2D eigenvalue weighted by atomic mass is 9.80. The van der Waals surface area contributed by atoms with Gasteiger partial charge in [0, 0.05) is 5.92 Å². The van der Waals surface area contributed by atoms with Gasteiger partial charge in [-0.25, -0.2) is 4.79 Å². The number of esters is 1. The van der Waals surface area contributed by atoms with Crippen LogP contribution in [0, 0.1) is 5.92 Å². The van der Waals surface area contributed by atoms with E-state index in [0.717, 1.165) is 11.1 Å². The van der Waals surface area contributed by atoms with Crippen molar-refractivity contribution in [3.63, 3.8) is 0 Å². The summed E-state index contributed by atoms with van der Waals surface area (Å²) < 4.78 is 17.2. The van der Waals surface area contributed by atoms with Crippen molar-refractivity contribution in [1.29, 1.82) is 0 Å². The van der Waals surface area contributed by atoms with E-state index in [-0.39, 0.29) is 25.2 Å². The van der Waals surface area contributed by atoms with Crippen LogP contribution >= 0.6 is 0 Å². The van der Waals surface area contributed by atoms with Gasteiger partial charge in [0.2, 0.25) is 0 Å². The van der Waals surface area contributed by atoms with Gasteiger partial charge < -0.3 is 19.3 Å². The number of carbonyl (C=O) groups is 1. The zero-order valence-corrected chi connectivity index (χ0v) is 19.7. The molecule has 0 aliphatic carbocycles. The highest BCUT2D eigenvalue weighted by atomic mass is 16.7. The van der Waals surface area contributed by atoms with Gasteiger partial charge in [0.1, 0.15) is 11.7 Å². The summed E-state index contributed by atoms with van der Waals surface area (Å²) in [4.78, 5) is 18.9. The standard InChI is InChI=1S/C27H33NO6/c1-4-16-32-25(26(29)31-5-2)24-23-20(17-33-24)18-34-28(23)19(3)27(30,21-12-8-6-9-13-21)22-14-10-7-11-15-22/h4,6-15,19-20,23-25,30H,1,5,16-18H2,2-3H3/t19-,20+,23-,24-,25+/m0/s1. The Morgan fingerprint density at radius 1 is 1.18 bits per heavy atom. The topological polar surface area (TPSA) is 77.5 Å². The van der Waals surface area contributed by atoms with Crippen molar-refractivity contribution in [2.24, 2.45) is 5.92 Å². The summed E-state index contributed by atoms with van der Waals surface area (Å²) in [5.74, 6) is -0.441. The van der Waals surface area contributed by atoms with Crippen molar-refractivity contribution in [3.05, 3.63) is 84.4 Å². The molecule has 2 aromatic rings. The van der Waals surface area contributed by atoms with Crippen molar-refractivity contribution in [1.82, 2.24) is 5.06 Å². The molecule has 34 heavy (non-hydrogen) atoms. The Hall–Kier alpha value is -2.55. The second-order valence-corrected chi connectivity index (χ2v) is 8.67. The average molecular weight is 468 g/mol. The molecular formula is C27H33NO6. The van der Waals surface area contributed by atoms with Gasteiger partial charge in [-0.2, -0.15) is 5.06 Å². The van der Waals surface area contributed by atoms with Gasteiger partial charge >= 0.3 is 5.97 Å². The summed E-state index contributed by atoms with van der Waals surface area (Å²) in [5.41, 5.74) is 0.133. The molecular weight excluding hydrogens is 434 g/mol. The molecule has 7 nitrogen and oxygen atoms in total. The molecule has 0 bridgehead atoms. The number of rotatable bonds is 10. The Labute approximate surface area is 200 Å². The maximum absolute atomic E-state index is 12.8. The molecule has 0 amide bonds. The molecule has 0 saturated carbocycles. The Morgan fingerprint density at radius 2 is 1.79 bits per heavy atom. The van der Waals surface area contributed by atoms with Gasteiger partial charge in [-0.05, 0) is 25.0 Å². The molecule has 0 aromatic heterocycles. The van der Waals surface area contributed by atoms with Gasteiger partial charge in [0.15, 0.2) is 6.10 Å². The summed E-state index contributed by atoms with van der Waals surface area (Å²) in [6.07, 6.45) is 0.0592. The van der Waals surface area contributed by atoms with E-state index in [4.69, 9.17) is 19.0 Å². The maximum atomic E-state index is 12.8. The SMILES string of the molecule is C=CCO[C@@H](C(=O)OCC)[C@H]1OC[C@@H]2CON([C@@H](C)C(O)(c3ccccc3)c3ccccc3)[C@@H]21. The number of carbonyl (C=O) groups excluding carboxylic acids is 1. The minimum absolute atomic E-state index is 0.0347. The normalized spacial score (nSPS) is 24.4. The predicted octanol–water partition coefficient (Wildman–Crippen LogP) is 3.08. The quantitative estimate of drug-likeness (QED) is 0.425. The van der Waals surface area contributed by atoms with Crippen LogP contribution in [0.4, 0.5) is 0 Å². The Bertz CT molecular complexity index is 913. The third-order valence-electron chi connectivity index (χ3n) is 6.68. The summed E-state index contributed by atoms with van der Waals surface area (Å²) in [6.45, 7) is 8.67. The van der Waals surface area contributed by atoms with Crippen molar-refractivity contribution in [3.8, 4) is 0 Å². The average Bonchev–Trinajstić information content (AvgIpc) is 3.48. The molecule has 4 rings (SSSR count). The van der Waals surface area contributed by atoms with Crippen molar-refractivity contribution in [2.75, 3.05) is 26.4 Å². The molecule has 5 atom stereocenters. The minimum atomic E-state index is -1.37. The van der Waals surface area contributed by atoms with Gasteiger partial charge in [0.25, 0.3) is 0 Å². The van der Waals surface area contributed by atoms with Crippen molar-refractivity contribution < 1.29 is 28.9 Å². The van der Waals surface area contributed by atoms with Gasteiger partial charge in [-0.15, -0.1) is 6.58 Å². The maximum Gasteiger partial charge on any atom is 0.338 e. The first-order valence-electron chi connectivity index (χ1n) is 11.8. The van der Waals surface area contributed by atoms with Crippen LogP contribution in [0.5, 0.6) is 0 Å². The van der Waals surface area contributed by atoms with E-state index in [1.165, 1.54) is 0 Å². The highest BCUT2D eigenvalue weighted by Gasteiger charge is 2.56. The molecule has 2 aliphatic heterocycles. The second kappa shape index (κ2) is 10.8. The van der Waals surface area contributed by atoms with Crippen LogP contribution in [0.3, 0.4) is 0 Å². The number of benzene rings is 2. The number of ether oxygens (including phenoxy) is 3. The number of hydrogen-bond donors (Lipinski definition) is 1. The molecule has 182 valence electrons. The summed E-state index contributed by atoms with van der Waals surface area (Å²) in [5, 5.41) is 14.1. The first-order valence-corrected chi connectivity index (χ1v) is 11.8. The number of nitrogens with zero attached hydrogens (tertiary/aromatic N) is 1. The van der Waals surface area contributed by atoms with Crippen LogP contribution in [0.15, 0.2) is 73.3 Å². The molecule has 2 aliphatic rings. The third kappa shape index (κ3) is 4.54. The smallest absolute Gasteiger partial charge is 0.338 e. The van der Waals surface area contributed by atoms with Crippen LogP contribution in [-0.2, 0) is 29.4 Å². The van der Waals surface area contributed by atoms with Crippen LogP contribution in [0.25, 0.3) is 0 Å². The summed E-state index contributed by atoms with van der Waals surface area (Å²) >= 11 is 0. The fourth-order valence-corrected chi connectivity index (χ4v) is 5.01. The number of hydroxylamine groups is 2. The lowest BCUT2D eigenvalue weighted by Gasteiger charge is -2.42. The molecule has 2 fully saturated rings. The van der Waals surface area contributed by atoms with E-state index in [9.17, 15) is 9.90 Å². The Morgan fingerprint density at radius 3 is 2.35 bits per heavy atom. The van der Waals surface area contributed by atoms with Crippen LogP contribution < -0.4 is 0 Å². The Balaban J connectivity index is 1.69. The third-order valence-corrected chi connectivity index (χ3v) is 6.68. The molecule has 0 spiro atoms. The zero-order chi connectivity index (χ0) is 24.1. The van der Waals surface area contributed by atoms with Crippen LogP contribution in [0.2, 0.25) is 0 Å². The molecule has 0 radical (unpaired) electrons. The summed E-state index contributed by atoms with van der Waals surface area (Å²) in [6, 6.07) is 18.3. The highest BCUT2D eigenvalue weighted by molar-refractivity contribution is 5.75. The van der Waals surface area contributed by atoms with Gasteiger partial charge in [0.05, 0.1) is 38.5 Å². The molecule has 2 heterocycles. The van der Waals surface area contributed by atoms with Gasteiger partial charge in [-0.1, -0.05) is 66.7 Å². The largest absolute Gasteiger partial charge is 0.464 e. The van der Waals surface area contributed by atoms with E-state index in [1.54, 1.807) is 18.1 Å². The monoisotopic (exact) mass is 467 g/mol. The minimum Gasteiger partial charge on any atom is -0.464 e. The molecule has 2 saturated heterocycles. The summed E-state index contributed by atoms with van der Waals surface area (Å²) in [7, 11) is 0. The number of fused-ring (bicyclic) bond motifs is 1. The van der Waals surface area contributed by atoms with E-state index >= 15 is 0 Å². The van der Waals surface area contributed by atoms with Crippen molar-refractivity contribution >= 4 is 5.97 Å². The van der Waals surface area contributed by atoms with Crippen LogP contribution in [-0.4, -0.2) is 66.9 Å². The first-order chi connectivity index (χ1) is 16.5. The zero-order valence-electron chi connectivity index (χ0n) is 19.7. The van der Waals surface area contributed by atoms with Gasteiger partial charge in [-0.3, -0.25) is 4.84 Å². The molecule has 1 N–H and O–H groups in total. The number of hydrogen-bond acceptors (Lipinski definition) is 7. The molecule has 0 unspecified atom stereocenters. The first kappa shape index (κ1) is 24.6. The lowest BCUT2D eigenvalue weighted by molar-refractivity contribution is -0.222. The molecule has 2 aromatic carbocycles. The fourth-order valence-electron chi connectivity index (χ4n) is 5.01. The number of aliphatic hydroxyl groups is 1. The molecule has 7 heteroatoms. The predicted molar refractivity (Wildman–Crippen MR) is 127 cm³/mol. The highest BCUT2D eigenvalue weighted by Crippen LogP contribution is 2.42. The van der Waals surface area contributed by atoms with E-state index in [1.807, 2.05) is 67.6 Å². The Kier molecular flexibility index (Phi) is 7.80. The van der Waals surface area contributed by atoms with E-state index < -0.39 is 29.8 Å². The van der Waals surface area contributed by atoms with E-state index in [0.29, 0.717) is 13.2 Å². The fraction of sp³-hybridized carbons (Fsp3) is 0.444. The lowest BCUT2D eigenvalue weighted by Crippen LogP contribution is -2.56. The van der Waals surface area contributed by atoms with Crippen molar-refractivity contribution in [2.45, 2.75) is 43.7 Å².